The summed E-state index contributed by atoms with van der Waals surface area (Å²) in [6.45, 7) is 8.37. The quantitative estimate of drug-likeness (QED) is 0.0157. The monoisotopic (exact) mass is 1110 g/mol. The fourth-order valence-electron chi connectivity index (χ4n) is 8.30. The van der Waals surface area contributed by atoms with Gasteiger partial charge in [0.2, 0.25) is 13.1 Å². The van der Waals surface area contributed by atoms with Crippen molar-refractivity contribution in [3.8, 4) is 0 Å². The van der Waals surface area contributed by atoms with Crippen LogP contribution in [0.1, 0.15) is 147 Å². The fraction of sp³-hybridized carbons (Fsp3) is 0.371. The van der Waals surface area contributed by atoms with Gasteiger partial charge in [-0.05, 0) is 71.7 Å². The summed E-state index contributed by atoms with van der Waals surface area (Å²) in [6.07, 6.45) is 4.57. The summed E-state index contributed by atoms with van der Waals surface area (Å²) in [5, 5.41) is 53.8. The van der Waals surface area contributed by atoms with Crippen molar-refractivity contribution in [1.82, 2.24) is 5.32 Å². The summed E-state index contributed by atoms with van der Waals surface area (Å²) in [5.74, 6) is -1.17. The Morgan fingerprint density at radius 2 is 0.848 bits per heavy atom. The van der Waals surface area contributed by atoms with Crippen molar-refractivity contribution < 1.29 is 70.5 Å². The van der Waals surface area contributed by atoms with Crippen molar-refractivity contribution in [3.63, 3.8) is 0 Å². The zero-order valence-electron chi connectivity index (χ0n) is 47.5. The SMILES string of the molecule is CCCC(=O)[C@@H](C[N+](=O)[O-])c1ccccc1.CCC[C@@H](O)[C@@H](CN)c1ccccc1.CCC[C@@H](O)[C@@H](CNC(=O)c1ccccc1)c1ccccc1.CCC[C@@H](O)[C@@H](C[N+](=O)[O-])c1ccccc1.O=C(Cl)c1ccccc1.[B].[H-].[Na+]. The number of benzene rings is 6. The predicted octanol–water partition coefficient (Wildman–Crippen LogP) is 8.68. The standard InChI is InChI=1S/C19H23NO2.C12H17NO3.C12H15NO3.C12H19NO.C7H5ClO.B.Na.H/c1-2-9-18(21)17(15-10-5-3-6-11-15)14-20-19(22)16-12-7-4-8-13-16;2*1-2-6-12(14)11(9-13(15)16)10-7-4-3-5-8-10;1-2-6-12(14)11(9-13)10-7-4-3-5-8-10;8-7(9)6-4-2-1-3-5-6;;;/h3-8,10-13,17-18,21H,2,9,14H2,1H3,(H,20,22);3-5,7-8,11-12,14H,2,6,9H2,1H3;3-5,7-8,11H,2,6,9H2,1H3;3-5,7-8,11-12,14H,2,6,9,13H2,1H3;1-5H;;;/q;;;;;;+1;-1/t17-,18+;11-,12+;11-;11-,12+;;;;/m0000..../s1. The Bertz CT molecular complexity index is 2540. The number of hydrogen-bond donors (Lipinski definition) is 5. The molecule has 6 rings (SSSR count). The largest absolute Gasteiger partial charge is 1.00 e. The molecule has 0 aliphatic heterocycles. The molecule has 17 heteroatoms. The average molecular weight is 1110 g/mol. The Kier molecular flexibility index (Phi) is 40.7. The molecule has 0 heterocycles. The second-order valence-corrected chi connectivity index (χ2v) is 18.6. The molecule has 0 bridgehead atoms. The van der Waals surface area contributed by atoms with Gasteiger partial charge in [-0.15, -0.1) is 0 Å². The van der Waals surface area contributed by atoms with Crippen molar-refractivity contribution >= 4 is 36.9 Å². The van der Waals surface area contributed by atoms with Crippen molar-refractivity contribution in [1.29, 1.82) is 0 Å². The van der Waals surface area contributed by atoms with Crippen LogP contribution >= 0.6 is 11.6 Å². The summed E-state index contributed by atoms with van der Waals surface area (Å²) in [4.78, 5) is 54.7. The minimum Gasteiger partial charge on any atom is -1.00 e. The molecule has 0 aliphatic rings. The van der Waals surface area contributed by atoms with E-state index in [9.17, 15) is 49.9 Å². The molecular weight excluding hydrogens is 1030 g/mol. The van der Waals surface area contributed by atoms with Crippen LogP contribution in [0.25, 0.3) is 0 Å². The molecule has 14 nitrogen and oxygen atoms in total. The van der Waals surface area contributed by atoms with Crippen LogP contribution < -0.4 is 40.6 Å². The average Bonchev–Trinajstić information content (AvgIpc) is 3.44. The topological polar surface area (TPSA) is 236 Å². The zero-order valence-corrected chi connectivity index (χ0v) is 49.2. The van der Waals surface area contributed by atoms with Gasteiger partial charge in [0.15, 0.2) is 0 Å². The van der Waals surface area contributed by atoms with Gasteiger partial charge in [-0.2, -0.15) is 0 Å². The first kappa shape index (κ1) is 73.1. The number of halogens is 1. The van der Waals surface area contributed by atoms with E-state index in [0.717, 1.165) is 60.8 Å². The van der Waals surface area contributed by atoms with Crippen LogP contribution in [0.5, 0.6) is 0 Å². The molecule has 0 saturated heterocycles. The summed E-state index contributed by atoms with van der Waals surface area (Å²) in [5.41, 5.74) is 10.6. The summed E-state index contributed by atoms with van der Waals surface area (Å²) >= 11 is 5.16. The second-order valence-electron chi connectivity index (χ2n) is 18.3. The summed E-state index contributed by atoms with van der Waals surface area (Å²) in [7, 11) is 0. The third-order valence-electron chi connectivity index (χ3n) is 12.4. The maximum Gasteiger partial charge on any atom is 1.00 e. The molecule has 0 aromatic heterocycles. The van der Waals surface area contributed by atoms with Crippen molar-refractivity contribution in [3.05, 3.63) is 236 Å². The van der Waals surface area contributed by atoms with Gasteiger partial charge in [-0.1, -0.05) is 217 Å². The molecule has 6 aromatic rings. The first-order valence-electron chi connectivity index (χ1n) is 26.4. The van der Waals surface area contributed by atoms with Gasteiger partial charge in [0.25, 0.3) is 11.1 Å². The van der Waals surface area contributed by atoms with Gasteiger partial charge < -0.3 is 27.8 Å². The van der Waals surface area contributed by atoms with Crippen LogP contribution in [-0.2, 0) is 4.79 Å². The van der Waals surface area contributed by atoms with E-state index >= 15 is 0 Å². The van der Waals surface area contributed by atoms with Crippen LogP contribution in [0.15, 0.2) is 182 Å². The molecule has 3 radical (unpaired) electrons. The number of rotatable bonds is 25. The van der Waals surface area contributed by atoms with Gasteiger partial charge in [-0.25, -0.2) is 0 Å². The van der Waals surface area contributed by atoms with E-state index < -0.39 is 34.2 Å². The molecule has 1 amide bonds. The van der Waals surface area contributed by atoms with Crippen LogP contribution in [-0.4, -0.2) is 95.0 Å². The van der Waals surface area contributed by atoms with Crippen LogP contribution in [0.4, 0.5) is 0 Å². The normalized spacial score (nSPS) is 12.8. The third-order valence-corrected chi connectivity index (χ3v) is 12.6. The Hall–Kier alpha value is -5.88. The molecule has 0 aliphatic carbocycles. The van der Waals surface area contributed by atoms with Crippen LogP contribution in [0.3, 0.4) is 0 Å². The van der Waals surface area contributed by atoms with Gasteiger partial charge in [-0.3, -0.25) is 34.6 Å². The number of nitrogens with zero attached hydrogens (tertiary/aromatic N) is 2. The molecule has 419 valence electrons. The number of carbonyl (C=O) groups is 3. The molecule has 0 fully saturated rings. The molecule has 7 atom stereocenters. The fourth-order valence-corrected chi connectivity index (χ4v) is 8.43. The molecule has 0 spiro atoms. The molecule has 6 N–H and O–H groups in total. The van der Waals surface area contributed by atoms with Crippen molar-refractivity contribution in [2.75, 3.05) is 26.2 Å². The third kappa shape index (κ3) is 29.8. The number of aliphatic hydroxyl groups is 3. The van der Waals surface area contributed by atoms with E-state index in [0.29, 0.717) is 37.1 Å². The number of amides is 1. The zero-order chi connectivity index (χ0) is 56.8. The molecule has 0 saturated carbocycles. The maximum absolute atomic E-state index is 12.2. The van der Waals surface area contributed by atoms with Gasteiger partial charge in [0.05, 0.1) is 24.2 Å². The number of hydrogen-bond acceptors (Lipinski definition) is 11. The molecule has 79 heavy (non-hydrogen) atoms. The Labute approximate surface area is 498 Å². The van der Waals surface area contributed by atoms with Gasteiger partial charge >= 0.3 is 29.6 Å². The smallest absolute Gasteiger partial charge is 1.00 e. The van der Waals surface area contributed by atoms with Gasteiger partial charge in [0, 0.05) is 60.7 Å². The number of nitrogens with one attached hydrogen (secondary N) is 1. The van der Waals surface area contributed by atoms with Crippen molar-refractivity contribution in [2.45, 2.75) is 121 Å². The van der Waals surface area contributed by atoms with E-state index in [1.807, 2.05) is 142 Å². The van der Waals surface area contributed by atoms with Crippen molar-refractivity contribution in [2.24, 2.45) is 5.73 Å². The van der Waals surface area contributed by atoms with Gasteiger partial charge in [0.1, 0.15) is 11.7 Å². The maximum atomic E-state index is 12.2. The minimum atomic E-state index is -0.641. The second kappa shape index (κ2) is 43.9. The first-order valence-corrected chi connectivity index (χ1v) is 26.8. The minimum absolute atomic E-state index is 0. The van der Waals surface area contributed by atoms with E-state index in [1.165, 1.54) is 0 Å². The van der Waals surface area contributed by atoms with Crippen LogP contribution in [0.2, 0.25) is 0 Å². The number of ketones is 1. The number of nitro groups is 2. The summed E-state index contributed by atoms with van der Waals surface area (Å²) in [6, 6.07) is 55.9. The number of Topliss-reactive ketones (excluding diaryl/α,β-unsaturated/α-hetero) is 1. The van der Waals surface area contributed by atoms with E-state index in [2.05, 4.69) is 12.2 Å². The van der Waals surface area contributed by atoms with E-state index in [-0.39, 0.29) is 87.0 Å². The molecular formula is C62H80BClN4NaO10. The number of aliphatic hydroxyl groups excluding tert-OH is 3. The predicted molar refractivity (Wildman–Crippen MR) is 314 cm³/mol. The first-order chi connectivity index (χ1) is 37.1. The number of carbonyl (C=O) groups excluding carboxylic acids is 3. The van der Waals surface area contributed by atoms with E-state index in [1.54, 1.807) is 60.7 Å². The Balaban J connectivity index is 0. The molecule has 0 unspecified atom stereocenters. The van der Waals surface area contributed by atoms with E-state index in [4.69, 9.17) is 17.3 Å². The Morgan fingerprint density at radius 1 is 0.519 bits per heavy atom. The number of nitrogens with two attached hydrogens (primary N) is 1. The molecule has 6 aromatic carbocycles. The summed E-state index contributed by atoms with van der Waals surface area (Å²) < 4.78 is 0. The van der Waals surface area contributed by atoms with Crippen LogP contribution in [0, 0.1) is 20.2 Å². The Morgan fingerprint density at radius 3 is 1.19 bits per heavy atom.